The van der Waals surface area contributed by atoms with Gasteiger partial charge < -0.3 is 19.6 Å². The maximum atomic E-state index is 11.9. The zero-order valence-corrected chi connectivity index (χ0v) is 24.1. The molecule has 2 fully saturated rings. The van der Waals surface area contributed by atoms with Crippen molar-refractivity contribution in [3.05, 3.63) is 24.3 Å². The lowest BCUT2D eigenvalue weighted by atomic mass is 10.1. The first-order chi connectivity index (χ1) is 17.5. The quantitative estimate of drug-likeness (QED) is 0.236. The van der Waals surface area contributed by atoms with Crippen LogP contribution in [-0.4, -0.2) is 97.9 Å². The summed E-state index contributed by atoms with van der Waals surface area (Å²) < 4.78 is 0. The van der Waals surface area contributed by atoms with Gasteiger partial charge in [-0.2, -0.15) is 0 Å². The molecule has 6 heteroatoms. The first kappa shape index (κ1) is 32.4. The molecule has 0 spiro atoms. The van der Waals surface area contributed by atoms with E-state index >= 15 is 0 Å². The van der Waals surface area contributed by atoms with E-state index in [2.05, 4.69) is 37.7 Å². The fourth-order valence-corrected chi connectivity index (χ4v) is 4.36. The van der Waals surface area contributed by atoms with Gasteiger partial charge in [-0.1, -0.05) is 77.4 Å². The summed E-state index contributed by atoms with van der Waals surface area (Å²) in [6.07, 6.45) is 22.7. The van der Waals surface area contributed by atoms with Gasteiger partial charge in [-0.3, -0.25) is 9.59 Å². The van der Waals surface area contributed by atoms with E-state index in [0.29, 0.717) is 0 Å². The van der Waals surface area contributed by atoms with Crippen molar-refractivity contribution in [2.45, 2.75) is 90.9 Å². The molecule has 2 aliphatic rings. The molecule has 6 nitrogen and oxygen atoms in total. The molecule has 0 radical (unpaired) electrons. The third-order valence-corrected chi connectivity index (χ3v) is 7.10. The van der Waals surface area contributed by atoms with E-state index in [-0.39, 0.29) is 11.8 Å². The Labute approximate surface area is 222 Å². The lowest BCUT2D eigenvalue weighted by molar-refractivity contribution is -0.128. The lowest BCUT2D eigenvalue weighted by Gasteiger charge is -2.31. The van der Waals surface area contributed by atoms with Gasteiger partial charge in [0.25, 0.3) is 0 Å². The number of rotatable bonds is 14. The van der Waals surface area contributed by atoms with Gasteiger partial charge in [0.2, 0.25) is 11.8 Å². The van der Waals surface area contributed by atoms with Gasteiger partial charge in [0.05, 0.1) is 0 Å². The fourth-order valence-electron chi connectivity index (χ4n) is 4.36. The molecule has 0 atom stereocenters. The van der Waals surface area contributed by atoms with Gasteiger partial charge in [0, 0.05) is 52.4 Å². The average Bonchev–Trinajstić information content (AvgIpc) is 2.88. The third kappa shape index (κ3) is 16.2. The zero-order valence-electron chi connectivity index (χ0n) is 24.1. The first-order valence-corrected chi connectivity index (χ1v) is 14.8. The predicted octanol–water partition coefficient (Wildman–Crippen LogP) is 5.35. The van der Waals surface area contributed by atoms with Crippen molar-refractivity contribution < 1.29 is 9.59 Å². The second-order valence-corrected chi connectivity index (χ2v) is 10.5. The van der Waals surface area contributed by atoms with Crippen LogP contribution in [0.4, 0.5) is 0 Å². The molecule has 0 unspecified atom stereocenters. The second-order valence-electron chi connectivity index (χ2n) is 10.5. The van der Waals surface area contributed by atoms with Crippen LogP contribution in [0.5, 0.6) is 0 Å². The minimum absolute atomic E-state index is 0.191. The van der Waals surface area contributed by atoms with E-state index in [4.69, 9.17) is 0 Å². The highest BCUT2D eigenvalue weighted by Crippen LogP contribution is 2.07. The summed E-state index contributed by atoms with van der Waals surface area (Å²) >= 11 is 0. The molecule has 36 heavy (non-hydrogen) atoms. The van der Waals surface area contributed by atoms with Crippen LogP contribution in [0.3, 0.4) is 0 Å². The number of hydrogen-bond acceptors (Lipinski definition) is 4. The van der Waals surface area contributed by atoms with Crippen LogP contribution in [0.15, 0.2) is 24.3 Å². The minimum Gasteiger partial charge on any atom is -0.337 e. The summed E-state index contributed by atoms with van der Waals surface area (Å²) in [7, 11) is 4.21. The molecule has 208 valence electrons. The molecular formula is C30H56N4O2. The maximum absolute atomic E-state index is 11.9. The van der Waals surface area contributed by atoms with E-state index in [9.17, 15) is 9.59 Å². The zero-order chi connectivity index (χ0) is 26.4. The standard InChI is InChI=1S/2C15H28N2O/c2*1-3-4-5-6-7-8-9-10-15(18)17-13-11-16(2)12-14-17/h2*9-10H,3-8,11-14H2,1-2H3/b2*10-9+. The molecule has 0 aromatic carbocycles. The predicted molar refractivity (Wildman–Crippen MR) is 153 cm³/mol. The van der Waals surface area contributed by atoms with Gasteiger partial charge in [0.15, 0.2) is 0 Å². The molecule has 0 aromatic heterocycles. The number of unbranched alkanes of at least 4 members (excludes halogenated alkanes) is 10. The highest BCUT2D eigenvalue weighted by Gasteiger charge is 2.17. The highest BCUT2D eigenvalue weighted by atomic mass is 16.2. The van der Waals surface area contributed by atoms with Crippen LogP contribution in [0.25, 0.3) is 0 Å². The van der Waals surface area contributed by atoms with Crippen molar-refractivity contribution in [3.8, 4) is 0 Å². The van der Waals surface area contributed by atoms with Gasteiger partial charge in [-0.15, -0.1) is 0 Å². The van der Waals surface area contributed by atoms with Gasteiger partial charge in [0.1, 0.15) is 0 Å². The Morgan fingerprint density at radius 3 is 1.19 bits per heavy atom. The summed E-state index contributed by atoms with van der Waals surface area (Å²) in [5.41, 5.74) is 0. The number of piperazine rings is 2. The maximum Gasteiger partial charge on any atom is 0.246 e. The summed E-state index contributed by atoms with van der Waals surface area (Å²) in [6.45, 7) is 11.9. The molecular weight excluding hydrogens is 448 g/mol. The minimum atomic E-state index is 0.191. The van der Waals surface area contributed by atoms with Gasteiger partial charge in [-0.05, 0) is 51.9 Å². The van der Waals surface area contributed by atoms with Crippen LogP contribution >= 0.6 is 0 Å². The van der Waals surface area contributed by atoms with Crippen LogP contribution in [-0.2, 0) is 9.59 Å². The van der Waals surface area contributed by atoms with Crippen molar-refractivity contribution in [2.24, 2.45) is 0 Å². The molecule has 0 N–H and O–H groups in total. The van der Waals surface area contributed by atoms with Gasteiger partial charge in [-0.25, -0.2) is 0 Å². The smallest absolute Gasteiger partial charge is 0.246 e. The SMILES string of the molecule is CCCCCCC/C=C/C(=O)N1CCN(C)CC1.CCCCCCC/C=C/C(=O)N1CCN(C)CC1. The van der Waals surface area contributed by atoms with Crippen molar-refractivity contribution >= 4 is 11.8 Å². The first-order valence-electron chi connectivity index (χ1n) is 14.8. The van der Waals surface area contributed by atoms with Crippen LogP contribution < -0.4 is 0 Å². The molecule has 0 bridgehead atoms. The Hall–Kier alpha value is -1.66. The number of hydrogen-bond donors (Lipinski definition) is 0. The van der Waals surface area contributed by atoms with E-state index in [1.165, 1.54) is 64.2 Å². The number of carbonyl (C=O) groups is 2. The average molecular weight is 505 g/mol. The Bertz CT molecular complexity index is 564. The molecule has 2 aliphatic heterocycles. The van der Waals surface area contributed by atoms with Crippen molar-refractivity contribution in [3.63, 3.8) is 0 Å². The third-order valence-electron chi connectivity index (χ3n) is 7.10. The molecule has 2 heterocycles. The number of carbonyl (C=O) groups excluding carboxylic acids is 2. The molecule has 2 rings (SSSR count). The largest absolute Gasteiger partial charge is 0.337 e. The Kier molecular flexibility index (Phi) is 19.3. The van der Waals surface area contributed by atoms with Crippen LogP contribution in [0.2, 0.25) is 0 Å². The monoisotopic (exact) mass is 504 g/mol. The van der Waals surface area contributed by atoms with E-state index < -0.39 is 0 Å². The van der Waals surface area contributed by atoms with Crippen LogP contribution in [0, 0.1) is 0 Å². The van der Waals surface area contributed by atoms with Crippen molar-refractivity contribution in [1.29, 1.82) is 0 Å². The normalized spacial score (nSPS) is 17.6. The number of likely N-dealkylation sites (N-methyl/N-ethyl adjacent to an activating group) is 2. The topological polar surface area (TPSA) is 47.1 Å². The Balaban J connectivity index is 0.000000360. The summed E-state index contributed by atoms with van der Waals surface area (Å²) in [4.78, 5) is 32.2. The molecule has 0 saturated carbocycles. The van der Waals surface area contributed by atoms with Crippen LogP contribution in [0.1, 0.15) is 90.9 Å². The Morgan fingerprint density at radius 2 is 0.861 bits per heavy atom. The molecule has 2 amide bonds. The number of nitrogens with zero attached hydrogens (tertiary/aromatic N) is 4. The summed E-state index contributed by atoms with van der Waals surface area (Å²) in [6, 6.07) is 0. The van der Waals surface area contributed by atoms with E-state index in [0.717, 1.165) is 65.2 Å². The summed E-state index contributed by atoms with van der Waals surface area (Å²) in [5.74, 6) is 0.383. The Morgan fingerprint density at radius 1 is 0.528 bits per heavy atom. The number of allylic oxidation sites excluding steroid dienone is 2. The molecule has 2 saturated heterocycles. The van der Waals surface area contributed by atoms with E-state index in [1.54, 1.807) is 12.2 Å². The number of amides is 2. The van der Waals surface area contributed by atoms with Gasteiger partial charge >= 0.3 is 0 Å². The molecule has 0 aromatic rings. The van der Waals surface area contributed by atoms with E-state index in [1.807, 2.05) is 22.0 Å². The fraction of sp³-hybridized carbons (Fsp3) is 0.800. The second kappa shape index (κ2) is 21.4. The summed E-state index contributed by atoms with van der Waals surface area (Å²) in [5, 5.41) is 0. The highest BCUT2D eigenvalue weighted by molar-refractivity contribution is 5.88. The van der Waals surface area contributed by atoms with Crippen molar-refractivity contribution in [2.75, 3.05) is 66.5 Å². The van der Waals surface area contributed by atoms with Crippen molar-refractivity contribution in [1.82, 2.24) is 19.6 Å². The lowest BCUT2D eigenvalue weighted by Crippen LogP contribution is -2.46. The molecule has 0 aliphatic carbocycles.